The quantitative estimate of drug-likeness (QED) is 0.881. The topological polar surface area (TPSA) is 74.5 Å². The summed E-state index contributed by atoms with van der Waals surface area (Å²) >= 11 is 0. The first-order chi connectivity index (χ1) is 11.8. The SMILES string of the molecule is N#Cc1ccc(OCC(=O)NN=C2CCCc3ccccc32)cc1. The minimum Gasteiger partial charge on any atom is -0.484 e. The molecular formula is C19H17N3O2. The molecule has 1 aliphatic rings. The number of nitrogens with zero attached hydrogens (tertiary/aromatic N) is 2. The van der Waals surface area contributed by atoms with E-state index in [2.05, 4.69) is 16.6 Å². The lowest BCUT2D eigenvalue weighted by Gasteiger charge is -2.17. The van der Waals surface area contributed by atoms with Gasteiger partial charge in [0.2, 0.25) is 0 Å². The summed E-state index contributed by atoms with van der Waals surface area (Å²) < 4.78 is 5.39. The number of carbonyl (C=O) groups is 1. The lowest BCUT2D eigenvalue weighted by Crippen LogP contribution is -2.26. The first kappa shape index (κ1) is 15.8. The van der Waals surface area contributed by atoms with Gasteiger partial charge in [-0.1, -0.05) is 24.3 Å². The second-order valence-corrected chi connectivity index (χ2v) is 5.53. The monoisotopic (exact) mass is 319 g/mol. The fourth-order valence-corrected chi connectivity index (χ4v) is 2.65. The average molecular weight is 319 g/mol. The van der Waals surface area contributed by atoms with E-state index in [0.29, 0.717) is 11.3 Å². The zero-order valence-electron chi connectivity index (χ0n) is 13.2. The summed E-state index contributed by atoms with van der Waals surface area (Å²) in [5, 5.41) is 13.0. The van der Waals surface area contributed by atoms with Crippen molar-refractivity contribution in [1.29, 1.82) is 5.26 Å². The van der Waals surface area contributed by atoms with E-state index in [4.69, 9.17) is 10.00 Å². The number of nitrogens with one attached hydrogen (secondary N) is 1. The summed E-state index contributed by atoms with van der Waals surface area (Å²) in [4.78, 5) is 11.9. The Labute approximate surface area is 140 Å². The highest BCUT2D eigenvalue weighted by Crippen LogP contribution is 2.21. The Balaban J connectivity index is 1.57. The van der Waals surface area contributed by atoms with Crippen molar-refractivity contribution < 1.29 is 9.53 Å². The Hall–Kier alpha value is -3.13. The van der Waals surface area contributed by atoms with Gasteiger partial charge in [0.25, 0.3) is 5.91 Å². The molecule has 0 fully saturated rings. The molecular weight excluding hydrogens is 302 g/mol. The van der Waals surface area contributed by atoms with Gasteiger partial charge >= 0.3 is 0 Å². The number of fused-ring (bicyclic) bond motifs is 1. The summed E-state index contributed by atoms with van der Waals surface area (Å²) in [6.45, 7) is -0.121. The largest absolute Gasteiger partial charge is 0.484 e. The van der Waals surface area contributed by atoms with Crippen LogP contribution in [-0.2, 0) is 11.2 Å². The second-order valence-electron chi connectivity index (χ2n) is 5.53. The molecule has 24 heavy (non-hydrogen) atoms. The van der Waals surface area contributed by atoms with E-state index >= 15 is 0 Å². The lowest BCUT2D eigenvalue weighted by atomic mass is 9.90. The summed E-state index contributed by atoms with van der Waals surface area (Å²) in [6.07, 6.45) is 2.94. The molecule has 0 heterocycles. The fourth-order valence-electron chi connectivity index (χ4n) is 2.65. The molecule has 1 amide bonds. The number of hydrogen-bond acceptors (Lipinski definition) is 4. The molecule has 5 nitrogen and oxygen atoms in total. The van der Waals surface area contributed by atoms with Crippen LogP contribution in [0, 0.1) is 11.3 Å². The third kappa shape index (κ3) is 3.79. The van der Waals surface area contributed by atoms with Gasteiger partial charge in [0.15, 0.2) is 6.61 Å². The minimum atomic E-state index is -0.310. The van der Waals surface area contributed by atoms with Gasteiger partial charge in [0.1, 0.15) is 5.75 Å². The predicted octanol–water partition coefficient (Wildman–Crippen LogP) is 2.79. The number of nitriles is 1. The minimum absolute atomic E-state index is 0.121. The van der Waals surface area contributed by atoms with Crippen molar-refractivity contribution in [3.8, 4) is 11.8 Å². The molecule has 0 bridgehead atoms. The number of aryl methyl sites for hydroxylation is 1. The molecule has 1 N–H and O–H groups in total. The van der Waals surface area contributed by atoms with Gasteiger partial charge in [-0.15, -0.1) is 0 Å². The molecule has 120 valence electrons. The molecule has 2 aromatic rings. The first-order valence-corrected chi connectivity index (χ1v) is 7.83. The number of amides is 1. The molecule has 0 aliphatic heterocycles. The first-order valence-electron chi connectivity index (χ1n) is 7.83. The third-order valence-corrected chi connectivity index (χ3v) is 3.86. The number of rotatable bonds is 4. The van der Waals surface area contributed by atoms with Gasteiger partial charge in [-0.05, 0) is 49.1 Å². The maximum Gasteiger partial charge on any atom is 0.277 e. The summed E-state index contributed by atoms with van der Waals surface area (Å²) in [7, 11) is 0. The fraction of sp³-hybridized carbons (Fsp3) is 0.211. The van der Waals surface area contributed by atoms with Crippen molar-refractivity contribution in [2.45, 2.75) is 19.3 Å². The van der Waals surface area contributed by atoms with E-state index in [1.165, 1.54) is 5.56 Å². The van der Waals surface area contributed by atoms with Gasteiger partial charge in [-0.25, -0.2) is 5.43 Å². The summed E-state index contributed by atoms with van der Waals surface area (Å²) in [5.74, 6) is 0.231. The zero-order chi connectivity index (χ0) is 16.8. The van der Waals surface area contributed by atoms with Crippen LogP contribution in [0.3, 0.4) is 0 Å². The molecule has 0 unspecified atom stereocenters. The van der Waals surface area contributed by atoms with Gasteiger partial charge in [-0.3, -0.25) is 4.79 Å². The molecule has 2 aromatic carbocycles. The van der Waals surface area contributed by atoms with Crippen molar-refractivity contribution in [3.05, 3.63) is 65.2 Å². The number of benzene rings is 2. The van der Waals surface area contributed by atoms with E-state index in [9.17, 15) is 4.79 Å². The maximum atomic E-state index is 11.9. The summed E-state index contributed by atoms with van der Waals surface area (Å²) in [5.41, 5.74) is 6.39. The molecule has 0 saturated carbocycles. The van der Waals surface area contributed by atoms with Crippen LogP contribution in [0.4, 0.5) is 0 Å². The van der Waals surface area contributed by atoms with Crippen LogP contribution < -0.4 is 10.2 Å². The Morgan fingerprint density at radius 2 is 1.96 bits per heavy atom. The Morgan fingerprint density at radius 1 is 1.17 bits per heavy atom. The van der Waals surface area contributed by atoms with Crippen LogP contribution in [-0.4, -0.2) is 18.2 Å². The number of hydrazone groups is 1. The highest BCUT2D eigenvalue weighted by Gasteiger charge is 2.15. The summed E-state index contributed by atoms with van der Waals surface area (Å²) in [6, 6.07) is 16.8. The molecule has 0 atom stereocenters. The van der Waals surface area contributed by atoms with Crippen LogP contribution in [0.25, 0.3) is 0 Å². The highest BCUT2D eigenvalue weighted by molar-refractivity contribution is 6.03. The smallest absolute Gasteiger partial charge is 0.277 e. The van der Waals surface area contributed by atoms with Gasteiger partial charge in [0, 0.05) is 5.56 Å². The predicted molar refractivity (Wildman–Crippen MR) is 90.7 cm³/mol. The van der Waals surface area contributed by atoms with Crippen molar-refractivity contribution >= 4 is 11.6 Å². The molecule has 0 saturated heterocycles. The Morgan fingerprint density at radius 3 is 2.75 bits per heavy atom. The number of carbonyl (C=O) groups excluding carboxylic acids is 1. The molecule has 1 aliphatic carbocycles. The molecule has 0 radical (unpaired) electrons. The normalized spacial score (nSPS) is 14.5. The number of ether oxygens (including phenoxy) is 1. The van der Waals surface area contributed by atoms with E-state index in [1.807, 2.05) is 24.3 Å². The van der Waals surface area contributed by atoms with Crippen molar-refractivity contribution in [1.82, 2.24) is 5.43 Å². The van der Waals surface area contributed by atoms with Gasteiger partial charge < -0.3 is 4.74 Å². The standard InChI is InChI=1S/C19H17N3O2/c20-12-14-8-10-16(11-9-14)24-13-19(23)22-21-18-7-3-5-15-4-1-2-6-17(15)18/h1-2,4,6,8-11H,3,5,7,13H2,(H,22,23). The van der Waals surface area contributed by atoms with Crippen molar-refractivity contribution in [2.75, 3.05) is 6.61 Å². The van der Waals surface area contributed by atoms with Crippen LogP contribution in [0.15, 0.2) is 53.6 Å². The molecule has 0 aromatic heterocycles. The molecule has 3 rings (SSSR count). The van der Waals surface area contributed by atoms with Crippen molar-refractivity contribution in [3.63, 3.8) is 0 Å². The van der Waals surface area contributed by atoms with Crippen LogP contribution >= 0.6 is 0 Å². The van der Waals surface area contributed by atoms with Gasteiger partial charge in [-0.2, -0.15) is 10.4 Å². The zero-order valence-corrected chi connectivity index (χ0v) is 13.2. The Kier molecular flexibility index (Phi) is 4.87. The van der Waals surface area contributed by atoms with Crippen LogP contribution in [0.5, 0.6) is 5.75 Å². The van der Waals surface area contributed by atoms with E-state index in [1.54, 1.807) is 24.3 Å². The van der Waals surface area contributed by atoms with Crippen molar-refractivity contribution in [2.24, 2.45) is 5.10 Å². The van der Waals surface area contributed by atoms with Crippen LogP contribution in [0.2, 0.25) is 0 Å². The lowest BCUT2D eigenvalue weighted by molar-refractivity contribution is -0.123. The van der Waals surface area contributed by atoms with Gasteiger partial charge in [0.05, 0.1) is 17.3 Å². The Bertz CT molecular complexity index is 804. The number of hydrogen-bond donors (Lipinski definition) is 1. The van der Waals surface area contributed by atoms with E-state index in [-0.39, 0.29) is 12.5 Å². The highest BCUT2D eigenvalue weighted by atomic mass is 16.5. The van der Waals surface area contributed by atoms with E-state index < -0.39 is 0 Å². The third-order valence-electron chi connectivity index (χ3n) is 3.86. The second kappa shape index (κ2) is 7.42. The average Bonchev–Trinajstić information content (AvgIpc) is 2.65. The van der Waals surface area contributed by atoms with Crippen LogP contribution in [0.1, 0.15) is 29.5 Å². The maximum absolute atomic E-state index is 11.9. The molecule has 5 heteroatoms. The molecule has 0 spiro atoms. The van der Waals surface area contributed by atoms with E-state index in [0.717, 1.165) is 30.5 Å².